The molecule has 0 spiro atoms. The van der Waals surface area contributed by atoms with E-state index >= 15 is 0 Å². The number of anilines is 1. The number of aromatic nitrogens is 2. The van der Waals surface area contributed by atoms with E-state index in [4.69, 9.17) is 0 Å². The largest absolute Gasteiger partial charge is 0.355 e. The third-order valence-corrected chi connectivity index (χ3v) is 4.24. The maximum atomic E-state index is 4.46. The van der Waals surface area contributed by atoms with Gasteiger partial charge in [-0.25, -0.2) is 9.97 Å². The van der Waals surface area contributed by atoms with Crippen LogP contribution in [-0.2, 0) is 0 Å². The van der Waals surface area contributed by atoms with Crippen molar-refractivity contribution in [3.63, 3.8) is 0 Å². The Morgan fingerprint density at radius 3 is 2.88 bits per heavy atom. The van der Waals surface area contributed by atoms with Gasteiger partial charge in [0.1, 0.15) is 12.1 Å². The lowest BCUT2D eigenvalue weighted by Crippen LogP contribution is -2.31. The molecule has 0 radical (unpaired) electrons. The molecule has 17 heavy (non-hydrogen) atoms. The summed E-state index contributed by atoms with van der Waals surface area (Å²) in [7, 11) is 0. The molecule has 0 atom stereocenters. The highest BCUT2D eigenvalue weighted by Gasteiger charge is 2.17. The third kappa shape index (κ3) is 1.93. The van der Waals surface area contributed by atoms with Crippen molar-refractivity contribution in [2.45, 2.75) is 19.8 Å². The van der Waals surface area contributed by atoms with E-state index in [0.717, 1.165) is 37.3 Å². The summed E-state index contributed by atoms with van der Waals surface area (Å²) in [6, 6.07) is 2.06. The van der Waals surface area contributed by atoms with Crippen LogP contribution in [-0.4, -0.2) is 23.1 Å². The van der Waals surface area contributed by atoms with Crippen LogP contribution in [0.15, 0.2) is 29.4 Å². The molecule has 0 bridgehead atoms. The van der Waals surface area contributed by atoms with E-state index in [0.29, 0.717) is 0 Å². The molecule has 0 aliphatic carbocycles. The smallest absolute Gasteiger partial charge is 0.150 e. The molecule has 1 fully saturated rings. The molecule has 2 aromatic heterocycles. The van der Waals surface area contributed by atoms with Crippen molar-refractivity contribution in [1.82, 2.24) is 9.97 Å². The van der Waals surface area contributed by atoms with Crippen LogP contribution in [0.25, 0.3) is 10.2 Å². The van der Waals surface area contributed by atoms with Crippen molar-refractivity contribution in [2.24, 2.45) is 0 Å². The molecule has 2 aromatic rings. The molecule has 0 saturated carbocycles. The number of thiophene rings is 1. The molecular weight excluding hydrogens is 230 g/mol. The van der Waals surface area contributed by atoms with Gasteiger partial charge in [-0.05, 0) is 31.2 Å². The van der Waals surface area contributed by atoms with Gasteiger partial charge in [-0.15, -0.1) is 11.3 Å². The van der Waals surface area contributed by atoms with E-state index in [2.05, 4.69) is 39.3 Å². The molecule has 4 heteroatoms. The Labute approximate surface area is 105 Å². The van der Waals surface area contributed by atoms with Crippen LogP contribution < -0.4 is 4.90 Å². The molecule has 1 saturated heterocycles. The summed E-state index contributed by atoms with van der Waals surface area (Å²) in [6.07, 6.45) is 6.24. The summed E-state index contributed by atoms with van der Waals surface area (Å²) in [5.74, 6) is 1.11. The molecule has 0 aromatic carbocycles. The van der Waals surface area contributed by atoms with Gasteiger partial charge < -0.3 is 4.90 Å². The summed E-state index contributed by atoms with van der Waals surface area (Å²) in [6.45, 7) is 4.28. The molecule has 3 heterocycles. The maximum absolute atomic E-state index is 4.46. The van der Waals surface area contributed by atoms with Gasteiger partial charge in [0, 0.05) is 13.1 Å². The zero-order chi connectivity index (χ0) is 11.7. The zero-order valence-electron chi connectivity index (χ0n) is 9.89. The van der Waals surface area contributed by atoms with Crippen LogP contribution in [0, 0.1) is 0 Å². The topological polar surface area (TPSA) is 29.0 Å². The highest BCUT2D eigenvalue weighted by Crippen LogP contribution is 2.30. The second-order valence-electron chi connectivity index (χ2n) is 4.27. The molecule has 0 unspecified atom stereocenters. The molecular formula is C13H15N3S. The Bertz CT molecular complexity index is 549. The fourth-order valence-electron chi connectivity index (χ4n) is 2.30. The first-order valence-corrected chi connectivity index (χ1v) is 6.83. The SMILES string of the molecule is CC=C1CCN(c2ncnc3ccsc23)CC1. The highest BCUT2D eigenvalue weighted by molar-refractivity contribution is 7.17. The lowest BCUT2D eigenvalue weighted by atomic mass is 10.0. The van der Waals surface area contributed by atoms with Crippen molar-refractivity contribution in [2.75, 3.05) is 18.0 Å². The van der Waals surface area contributed by atoms with Crippen LogP contribution in [0.1, 0.15) is 19.8 Å². The minimum Gasteiger partial charge on any atom is -0.355 e. The third-order valence-electron chi connectivity index (χ3n) is 3.34. The zero-order valence-corrected chi connectivity index (χ0v) is 10.7. The van der Waals surface area contributed by atoms with Gasteiger partial charge in [-0.1, -0.05) is 11.6 Å². The quantitative estimate of drug-likeness (QED) is 0.722. The lowest BCUT2D eigenvalue weighted by molar-refractivity contribution is 0.678. The van der Waals surface area contributed by atoms with Crippen LogP contribution in [0.2, 0.25) is 0 Å². The van der Waals surface area contributed by atoms with Gasteiger partial charge in [0.25, 0.3) is 0 Å². The van der Waals surface area contributed by atoms with Gasteiger partial charge in [-0.3, -0.25) is 0 Å². The second kappa shape index (κ2) is 4.45. The van der Waals surface area contributed by atoms with Crippen LogP contribution in [0.5, 0.6) is 0 Å². The van der Waals surface area contributed by atoms with Gasteiger partial charge in [0.2, 0.25) is 0 Å². The van der Waals surface area contributed by atoms with E-state index in [1.165, 1.54) is 4.70 Å². The predicted molar refractivity (Wildman–Crippen MR) is 72.6 cm³/mol. The van der Waals surface area contributed by atoms with Gasteiger partial charge >= 0.3 is 0 Å². The number of hydrogen-bond donors (Lipinski definition) is 0. The number of allylic oxidation sites excluding steroid dienone is 1. The van der Waals surface area contributed by atoms with E-state index in [-0.39, 0.29) is 0 Å². The van der Waals surface area contributed by atoms with Gasteiger partial charge in [0.05, 0.1) is 10.2 Å². The first-order chi connectivity index (χ1) is 8.38. The normalized spacial score (nSPS) is 16.5. The number of hydrogen-bond acceptors (Lipinski definition) is 4. The van der Waals surface area contributed by atoms with Crippen LogP contribution in [0.4, 0.5) is 5.82 Å². The van der Waals surface area contributed by atoms with Crippen molar-refractivity contribution >= 4 is 27.4 Å². The average molecular weight is 245 g/mol. The fourth-order valence-corrected chi connectivity index (χ4v) is 3.16. The second-order valence-corrected chi connectivity index (χ2v) is 5.18. The Hall–Kier alpha value is -1.42. The molecule has 1 aliphatic heterocycles. The van der Waals surface area contributed by atoms with Gasteiger partial charge in [0.15, 0.2) is 0 Å². The van der Waals surface area contributed by atoms with E-state index in [1.54, 1.807) is 23.2 Å². The molecule has 1 aliphatic rings. The average Bonchev–Trinajstić information content (AvgIpc) is 2.87. The lowest BCUT2D eigenvalue weighted by Gasteiger charge is -2.29. The Kier molecular flexibility index (Phi) is 2.81. The monoisotopic (exact) mass is 245 g/mol. The van der Waals surface area contributed by atoms with Crippen molar-refractivity contribution in [3.8, 4) is 0 Å². The minimum atomic E-state index is 1.07. The standard InChI is InChI=1S/C13H15N3S/c1-2-10-3-6-16(7-4-10)13-12-11(5-8-17-12)14-9-15-13/h2,5,8-9H,3-4,6-7H2,1H3. The molecule has 3 rings (SSSR count). The molecule has 0 N–H and O–H groups in total. The summed E-state index contributed by atoms with van der Waals surface area (Å²) in [5.41, 5.74) is 2.63. The molecule has 0 amide bonds. The fraction of sp³-hybridized carbons (Fsp3) is 0.385. The number of rotatable bonds is 1. The Morgan fingerprint density at radius 1 is 1.29 bits per heavy atom. The maximum Gasteiger partial charge on any atom is 0.150 e. The van der Waals surface area contributed by atoms with Crippen molar-refractivity contribution in [3.05, 3.63) is 29.4 Å². The van der Waals surface area contributed by atoms with E-state index in [1.807, 2.05) is 0 Å². The van der Waals surface area contributed by atoms with E-state index in [9.17, 15) is 0 Å². The minimum absolute atomic E-state index is 1.07. The first kappa shape index (κ1) is 10.7. The molecule has 3 nitrogen and oxygen atoms in total. The number of piperidine rings is 1. The summed E-state index contributed by atoms with van der Waals surface area (Å²) < 4.78 is 1.22. The first-order valence-electron chi connectivity index (χ1n) is 5.95. The Morgan fingerprint density at radius 2 is 2.12 bits per heavy atom. The Balaban J connectivity index is 1.92. The van der Waals surface area contributed by atoms with Gasteiger partial charge in [-0.2, -0.15) is 0 Å². The number of nitrogens with zero attached hydrogens (tertiary/aromatic N) is 3. The van der Waals surface area contributed by atoms with Crippen LogP contribution in [0.3, 0.4) is 0 Å². The summed E-state index contributed by atoms with van der Waals surface area (Å²) >= 11 is 1.73. The summed E-state index contributed by atoms with van der Waals surface area (Å²) in [5, 5.41) is 2.09. The van der Waals surface area contributed by atoms with Crippen LogP contribution >= 0.6 is 11.3 Å². The summed E-state index contributed by atoms with van der Waals surface area (Å²) in [4.78, 5) is 11.1. The van der Waals surface area contributed by atoms with Crippen molar-refractivity contribution < 1.29 is 0 Å². The highest BCUT2D eigenvalue weighted by atomic mass is 32.1. The molecule has 88 valence electrons. The number of fused-ring (bicyclic) bond motifs is 1. The predicted octanol–water partition coefficient (Wildman–Crippen LogP) is 3.24. The van der Waals surface area contributed by atoms with Crippen molar-refractivity contribution in [1.29, 1.82) is 0 Å². The van der Waals surface area contributed by atoms with E-state index < -0.39 is 0 Å².